The highest BCUT2D eigenvalue weighted by Gasteiger charge is 2.20. The summed E-state index contributed by atoms with van der Waals surface area (Å²) in [5, 5.41) is 6.78. The van der Waals surface area contributed by atoms with Crippen molar-refractivity contribution in [2.75, 3.05) is 13.1 Å². The highest BCUT2D eigenvalue weighted by Crippen LogP contribution is 2.08. The molecule has 1 amide bonds. The molecule has 0 atom stereocenters. The molecule has 0 bridgehead atoms. The number of hydrogen-bond acceptors (Lipinski definition) is 4. The average Bonchev–Trinajstić information content (AvgIpc) is 3.00. The number of carbonyl (C=O) groups excluding carboxylic acids is 1. The van der Waals surface area contributed by atoms with Gasteiger partial charge < -0.3 is 10.6 Å². The molecule has 0 aliphatic rings. The van der Waals surface area contributed by atoms with E-state index in [0.29, 0.717) is 19.6 Å². The average molecular weight is 287 g/mol. The van der Waals surface area contributed by atoms with Gasteiger partial charge in [0.15, 0.2) is 0 Å². The van der Waals surface area contributed by atoms with Crippen LogP contribution in [0.2, 0.25) is 0 Å². The van der Waals surface area contributed by atoms with Gasteiger partial charge in [0.1, 0.15) is 5.82 Å². The van der Waals surface area contributed by atoms with Gasteiger partial charge >= 0.3 is 0 Å². The molecule has 21 heavy (non-hydrogen) atoms. The summed E-state index contributed by atoms with van der Waals surface area (Å²) in [6.07, 6.45) is 1.48. The van der Waals surface area contributed by atoms with E-state index < -0.39 is 0 Å². The van der Waals surface area contributed by atoms with E-state index in [1.807, 2.05) is 37.3 Å². The number of rotatable bonds is 7. The zero-order valence-electron chi connectivity index (χ0n) is 12.2. The SMILES string of the molecule is CCc1nc(C(=O)N(CCCN)Cc2ccccc2)n[nH]1. The van der Waals surface area contributed by atoms with E-state index in [2.05, 4.69) is 15.2 Å². The summed E-state index contributed by atoms with van der Waals surface area (Å²) in [6.45, 7) is 3.65. The number of aryl methyl sites for hydroxylation is 1. The van der Waals surface area contributed by atoms with Crippen LogP contribution >= 0.6 is 0 Å². The molecule has 0 spiro atoms. The van der Waals surface area contributed by atoms with Gasteiger partial charge in [-0.25, -0.2) is 4.98 Å². The van der Waals surface area contributed by atoms with Gasteiger partial charge in [-0.3, -0.25) is 9.89 Å². The Morgan fingerprint density at radius 3 is 2.71 bits per heavy atom. The Morgan fingerprint density at radius 1 is 1.33 bits per heavy atom. The number of hydrogen-bond donors (Lipinski definition) is 2. The number of nitrogens with one attached hydrogen (secondary N) is 1. The minimum absolute atomic E-state index is 0.164. The molecule has 0 unspecified atom stereocenters. The molecule has 112 valence electrons. The summed E-state index contributed by atoms with van der Waals surface area (Å²) in [4.78, 5) is 18.5. The van der Waals surface area contributed by atoms with Crippen molar-refractivity contribution in [2.45, 2.75) is 26.3 Å². The highest BCUT2D eigenvalue weighted by molar-refractivity contribution is 5.90. The summed E-state index contributed by atoms with van der Waals surface area (Å²) in [5.74, 6) is 0.778. The lowest BCUT2D eigenvalue weighted by Gasteiger charge is -2.21. The van der Waals surface area contributed by atoms with E-state index in [1.54, 1.807) is 4.90 Å². The minimum Gasteiger partial charge on any atom is -0.331 e. The molecule has 6 heteroatoms. The highest BCUT2D eigenvalue weighted by atomic mass is 16.2. The second-order valence-electron chi connectivity index (χ2n) is 4.81. The fourth-order valence-corrected chi connectivity index (χ4v) is 2.03. The van der Waals surface area contributed by atoms with Gasteiger partial charge in [-0.15, -0.1) is 5.10 Å². The predicted molar refractivity (Wildman–Crippen MR) is 80.6 cm³/mol. The van der Waals surface area contributed by atoms with Crippen molar-refractivity contribution in [2.24, 2.45) is 5.73 Å². The molecule has 0 aliphatic carbocycles. The smallest absolute Gasteiger partial charge is 0.293 e. The Hall–Kier alpha value is -2.21. The lowest BCUT2D eigenvalue weighted by molar-refractivity contribution is 0.0730. The maximum Gasteiger partial charge on any atom is 0.293 e. The number of H-pyrrole nitrogens is 1. The first-order chi connectivity index (χ1) is 10.2. The Bertz CT molecular complexity index is 566. The van der Waals surface area contributed by atoms with E-state index in [4.69, 9.17) is 5.73 Å². The number of carbonyl (C=O) groups is 1. The van der Waals surface area contributed by atoms with Crippen LogP contribution in [0, 0.1) is 0 Å². The molecular weight excluding hydrogens is 266 g/mol. The standard InChI is InChI=1S/C15H21N5O/c1-2-13-17-14(19-18-13)15(21)20(10-6-9-16)11-12-7-4-3-5-8-12/h3-5,7-8H,2,6,9-11,16H2,1H3,(H,17,18,19). The van der Waals surface area contributed by atoms with Crippen molar-refractivity contribution in [1.29, 1.82) is 0 Å². The number of benzene rings is 1. The van der Waals surface area contributed by atoms with Crippen LogP contribution in [0.1, 0.15) is 35.4 Å². The molecule has 6 nitrogen and oxygen atoms in total. The molecule has 1 heterocycles. The fourth-order valence-electron chi connectivity index (χ4n) is 2.03. The molecule has 3 N–H and O–H groups in total. The number of nitrogens with two attached hydrogens (primary N) is 1. The van der Waals surface area contributed by atoms with Gasteiger partial charge in [0.25, 0.3) is 5.91 Å². The Morgan fingerprint density at radius 2 is 2.10 bits per heavy atom. The topological polar surface area (TPSA) is 87.9 Å². The fraction of sp³-hybridized carbons (Fsp3) is 0.400. The van der Waals surface area contributed by atoms with E-state index >= 15 is 0 Å². The summed E-state index contributed by atoms with van der Waals surface area (Å²) >= 11 is 0. The first kappa shape index (κ1) is 15.2. The molecule has 1 aromatic heterocycles. The molecule has 2 rings (SSSR count). The van der Waals surface area contributed by atoms with Gasteiger partial charge in [0, 0.05) is 19.5 Å². The Labute approximate surface area is 124 Å². The molecule has 1 aromatic carbocycles. The van der Waals surface area contributed by atoms with Crippen LogP contribution in [0.5, 0.6) is 0 Å². The first-order valence-corrected chi connectivity index (χ1v) is 7.19. The quantitative estimate of drug-likeness (QED) is 0.805. The Kier molecular flexibility index (Phi) is 5.45. The first-order valence-electron chi connectivity index (χ1n) is 7.19. The van der Waals surface area contributed by atoms with E-state index in [9.17, 15) is 4.79 Å². The van der Waals surface area contributed by atoms with Crippen LogP contribution in [-0.4, -0.2) is 39.1 Å². The van der Waals surface area contributed by atoms with Gasteiger partial charge in [0.05, 0.1) is 0 Å². The van der Waals surface area contributed by atoms with Gasteiger partial charge in [-0.2, -0.15) is 0 Å². The molecule has 0 saturated heterocycles. The van der Waals surface area contributed by atoms with Crippen molar-refractivity contribution in [3.63, 3.8) is 0 Å². The van der Waals surface area contributed by atoms with Gasteiger partial charge in [0.2, 0.25) is 5.82 Å². The minimum atomic E-state index is -0.164. The molecule has 0 aliphatic heterocycles. The molecule has 0 fully saturated rings. The third-order valence-corrected chi connectivity index (χ3v) is 3.19. The van der Waals surface area contributed by atoms with Gasteiger partial charge in [-0.1, -0.05) is 37.3 Å². The van der Waals surface area contributed by atoms with Crippen molar-refractivity contribution < 1.29 is 4.79 Å². The van der Waals surface area contributed by atoms with E-state index in [1.165, 1.54) is 0 Å². The van der Waals surface area contributed by atoms with Crippen LogP contribution in [0.25, 0.3) is 0 Å². The summed E-state index contributed by atoms with van der Waals surface area (Å²) in [6, 6.07) is 9.88. The van der Waals surface area contributed by atoms with Gasteiger partial charge in [-0.05, 0) is 18.5 Å². The predicted octanol–water partition coefficient (Wildman–Crippen LogP) is 1.36. The lowest BCUT2D eigenvalue weighted by Crippen LogP contribution is -2.33. The molecule has 0 radical (unpaired) electrons. The molecular formula is C15H21N5O. The third kappa shape index (κ3) is 4.13. The number of aromatic amines is 1. The molecule has 2 aromatic rings. The summed E-state index contributed by atoms with van der Waals surface area (Å²) in [7, 11) is 0. The zero-order chi connectivity index (χ0) is 15.1. The second kappa shape index (κ2) is 7.54. The summed E-state index contributed by atoms with van der Waals surface area (Å²) < 4.78 is 0. The molecule has 0 saturated carbocycles. The number of amides is 1. The Balaban J connectivity index is 2.12. The van der Waals surface area contributed by atoms with Crippen molar-refractivity contribution >= 4 is 5.91 Å². The van der Waals surface area contributed by atoms with Crippen LogP contribution in [-0.2, 0) is 13.0 Å². The summed E-state index contributed by atoms with van der Waals surface area (Å²) in [5.41, 5.74) is 6.64. The zero-order valence-corrected chi connectivity index (χ0v) is 12.2. The van der Waals surface area contributed by atoms with Crippen molar-refractivity contribution in [1.82, 2.24) is 20.1 Å². The maximum atomic E-state index is 12.5. The van der Waals surface area contributed by atoms with E-state index in [-0.39, 0.29) is 11.7 Å². The van der Waals surface area contributed by atoms with Crippen molar-refractivity contribution in [3.05, 3.63) is 47.5 Å². The van der Waals surface area contributed by atoms with Crippen LogP contribution in [0.15, 0.2) is 30.3 Å². The lowest BCUT2D eigenvalue weighted by atomic mass is 10.2. The van der Waals surface area contributed by atoms with Crippen LogP contribution in [0.4, 0.5) is 0 Å². The van der Waals surface area contributed by atoms with Crippen LogP contribution < -0.4 is 5.73 Å². The van der Waals surface area contributed by atoms with E-state index in [0.717, 1.165) is 24.2 Å². The maximum absolute atomic E-state index is 12.5. The number of nitrogens with zero attached hydrogens (tertiary/aromatic N) is 3. The van der Waals surface area contributed by atoms with Crippen LogP contribution in [0.3, 0.4) is 0 Å². The third-order valence-electron chi connectivity index (χ3n) is 3.19. The largest absolute Gasteiger partial charge is 0.331 e. The number of aromatic nitrogens is 3. The normalized spacial score (nSPS) is 10.6. The second-order valence-corrected chi connectivity index (χ2v) is 4.81. The van der Waals surface area contributed by atoms with Crippen molar-refractivity contribution in [3.8, 4) is 0 Å². The monoisotopic (exact) mass is 287 g/mol.